The summed E-state index contributed by atoms with van der Waals surface area (Å²) in [6.07, 6.45) is 1.76. The molecule has 2 aromatic rings. The number of nitrogens with zero attached hydrogens (tertiary/aromatic N) is 3. The third-order valence-corrected chi connectivity index (χ3v) is 3.06. The molecule has 0 unspecified atom stereocenters. The fourth-order valence-electron chi connectivity index (χ4n) is 1.29. The van der Waals surface area contributed by atoms with Crippen molar-refractivity contribution in [1.29, 1.82) is 0 Å². The first-order valence-corrected chi connectivity index (χ1v) is 6.15. The van der Waals surface area contributed by atoms with E-state index in [2.05, 4.69) is 20.5 Å². The molecule has 2 heterocycles. The lowest BCUT2D eigenvalue weighted by atomic mass is 10.4. The lowest BCUT2D eigenvalue weighted by molar-refractivity contribution is 0.199. The van der Waals surface area contributed by atoms with E-state index in [1.807, 2.05) is 18.2 Å². The summed E-state index contributed by atoms with van der Waals surface area (Å²) in [6, 6.07) is 5.76. The highest BCUT2D eigenvalue weighted by atomic mass is 32.1. The maximum Gasteiger partial charge on any atom is 0.166 e. The van der Waals surface area contributed by atoms with Crippen LogP contribution in [0, 0.1) is 0 Å². The van der Waals surface area contributed by atoms with E-state index in [4.69, 9.17) is 4.74 Å². The summed E-state index contributed by atoms with van der Waals surface area (Å²) < 4.78 is 4.95. The molecule has 1 N–H and O–H groups in total. The molecule has 6 heteroatoms. The van der Waals surface area contributed by atoms with Crippen molar-refractivity contribution in [1.82, 2.24) is 20.5 Å². The molecular formula is C11H14N4OS. The minimum absolute atomic E-state index is 0.700. The zero-order valence-corrected chi connectivity index (χ0v) is 10.4. The van der Waals surface area contributed by atoms with Crippen molar-refractivity contribution in [3.8, 4) is 10.7 Å². The zero-order valence-electron chi connectivity index (χ0n) is 9.59. The number of pyridine rings is 1. The molecule has 0 atom stereocenters. The lowest BCUT2D eigenvalue weighted by Crippen LogP contribution is -2.18. The maximum absolute atomic E-state index is 4.95. The lowest BCUT2D eigenvalue weighted by Gasteiger charge is -1.99. The van der Waals surface area contributed by atoms with Gasteiger partial charge in [0.15, 0.2) is 5.01 Å². The number of rotatable bonds is 6. The molecule has 2 aromatic heterocycles. The summed E-state index contributed by atoms with van der Waals surface area (Å²) in [5, 5.41) is 13.3. The number of hydrogen-bond acceptors (Lipinski definition) is 6. The first kappa shape index (κ1) is 12.1. The first-order chi connectivity index (χ1) is 8.40. The molecule has 90 valence electrons. The first-order valence-electron chi connectivity index (χ1n) is 5.33. The van der Waals surface area contributed by atoms with E-state index in [1.165, 1.54) is 0 Å². The largest absolute Gasteiger partial charge is 0.383 e. The predicted molar refractivity (Wildman–Crippen MR) is 66.7 cm³/mol. The van der Waals surface area contributed by atoms with Crippen molar-refractivity contribution in [2.75, 3.05) is 20.3 Å². The second-order valence-corrected chi connectivity index (χ2v) is 4.45. The second kappa shape index (κ2) is 6.39. The molecule has 0 fully saturated rings. The molecule has 0 aliphatic rings. The number of aromatic nitrogens is 3. The highest BCUT2D eigenvalue weighted by molar-refractivity contribution is 7.14. The van der Waals surface area contributed by atoms with Crippen LogP contribution in [-0.4, -0.2) is 35.4 Å². The maximum atomic E-state index is 4.95. The van der Waals surface area contributed by atoms with E-state index in [0.717, 1.165) is 22.3 Å². The quantitative estimate of drug-likeness (QED) is 0.784. The Morgan fingerprint density at radius 3 is 3.06 bits per heavy atom. The molecule has 2 rings (SSSR count). The van der Waals surface area contributed by atoms with Gasteiger partial charge in [0.05, 0.1) is 6.61 Å². The average molecular weight is 250 g/mol. The number of hydrogen-bond donors (Lipinski definition) is 1. The van der Waals surface area contributed by atoms with Gasteiger partial charge in [0, 0.05) is 26.4 Å². The Bertz CT molecular complexity index is 446. The van der Waals surface area contributed by atoms with Crippen molar-refractivity contribution in [2.24, 2.45) is 0 Å². The fraction of sp³-hybridized carbons (Fsp3) is 0.364. The van der Waals surface area contributed by atoms with Crippen LogP contribution in [0.2, 0.25) is 0 Å². The SMILES string of the molecule is COCCNCc1nnc(-c2ccccn2)s1. The predicted octanol–water partition coefficient (Wildman–Crippen LogP) is 1.34. The van der Waals surface area contributed by atoms with Gasteiger partial charge in [0.1, 0.15) is 10.7 Å². The van der Waals surface area contributed by atoms with Crippen LogP contribution in [0.1, 0.15) is 5.01 Å². The summed E-state index contributed by atoms with van der Waals surface area (Å²) in [6.45, 7) is 2.23. The summed E-state index contributed by atoms with van der Waals surface area (Å²) in [5.41, 5.74) is 0.869. The van der Waals surface area contributed by atoms with Gasteiger partial charge in [-0.25, -0.2) is 0 Å². The van der Waals surface area contributed by atoms with E-state index in [0.29, 0.717) is 13.2 Å². The van der Waals surface area contributed by atoms with Gasteiger partial charge in [0.2, 0.25) is 0 Å². The third kappa shape index (κ3) is 3.55. The van der Waals surface area contributed by atoms with E-state index >= 15 is 0 Å². The summed E-state index contributed by atoms with van der Waals surface area (Å²) >= 11 is 1.56. The molecule has 0 aliphatic heterocycles. The monoisotopic (exact) mass is 250 g/mol. The Balaban J connectivity index is 1.92. The van der Waals surface area contributed by atoms with Gasteiger partial charge < -0.3 is 10.1 Å². The van der Waals surface area contributed by atoms with Crippen molar-refractivity contribution >= 4 is 11.3 Å². The van der Waals surface area contributed by atoms with Crippen LogP contribution < -0.4 is 5.32 Å². The highest BCUT2D eigenvalue weighted by Crippen LogP contribution is 2.20. The van der Waals surface area contributed by atoms with Crippen molar-refractivity contribution in [2.45, 2.75) is 6.54 Å². The molecule has 0 spiro atoms. The van der Waals surface area contributed by atoms with Gasteiger partial charge in [0.25, 0.3) is 0 Å². The van der Waals surface area contributed by atoms with Gasteiger partial charge >= 0.3 is 0 Å². The van der Waals surface area contributed by atoms with E-state index < -0.39 is 0 Å². The number of ether oxygens (including phenoxy) is 1. The Morgan fingerprint density at radius 1 is 1.35 bits per heavy atom. The molecule has 0 bridgehead atoms. The normalized spacial score (nSPS) is 10.6. The van der Waals surface area contributed by atoms with Gasteiger partial charge in [-0.05, 0) is 12.1 Å². The average Bonchev–Trinajstić information content (AvgIpc) is 2.85. The molecular weight excluding hydrogens is 236 g/mol. The molecule has 5 nitrogen and oxygen atoms in total. The second-order valence-electron chi connectivity index (χ2n) is 3.39. The highest BCUT2D eigenvalue weighted by Gasteiger charge is 2.06. The van der Waals surface area contributed by atoms with Gasteiger partial charge in [-0.1, -0.05) is 17.4 Å². The number of methoxy groups -OCH3 is 1. The Morgan fingerprint density at radius 2 is 2.29 bits per heavy atom. The Hall–Kier alpha value is -1.37. The van der Waals surface area contributed by atoms with Crippen molar-refractivity contribution in [3.05, 3.63) is 29.4 Å². The van der Waals surface area contributed by atoms with Crippen molar-refractivity contribution in [3.63, 3.8) is 0 Å². The molecule has 0 saturated heterocycles. The van der Waals surface area contributed by atoms with Gasteiger partial charge in [-0.2, -0.15) is 0 Å². The molecule has 0 radical (unpaired) electrons. The Kier molecular flexibility index (Phi) is 4.54. The van der Waals surface area contributed by atoms with Crippen LogP contribution in [0.5, 0.6) is 0 Å². The van der Waals surface area contributed by atoms with E-state index in [1.54, 1.807) is 24.6 Å². The van der Waals surface area contributed by atoms with E-state index in [-0.39, 0.29) is 0 Å². The molecule has 0 saturated carbocycles. The number of nitrogens with one attached hydrogen (secondary N) is 1. The van der Waals surface area contributed by atoms with Crippen LogP contribution >= 0.6 is 11.3 Å². The van der Waals surface area contributed by atoms with Gasteiger partial charge in [-0.3, -0.25) is 4.98 Å². The van der Waals surface area contributed by atoms with Crippen LogP contribution in [-0.2, 0) is 11.3 Å². The van der Waals surface area contributed by atoms with Gasteiger partial charge in [-0.15, -0.1) is 10.2 Å². The Labute approximate surface area is 104 Å². The minimum atomic E-state index is 0.700. The standard InChI is InChI=1S/C11H14N4OS/c1-16-7-6-12-8-10-14-15-11(17-10)9-4-2-3-5-13-9/h2-5,12H,6-8H2,1H3. The topological polar surface area (TPSA) is 59.9 Å². The fourth-order valence-corrected chi connectivity index (χ4v) is 2.07. The molecule has 17 heavy (non-hydrogen) atoms. The summed E-state index contributed by atoms with van der Waals surface area (Å²) in [7, 11) is 1.69. The molecule has 0 amide bonds. The molecule has 0 aliphatic carbocycles. The van der Waals surface area contributed by atoms with E-state index in [9.17, 15) is 0 Å². The minimum Gasteiger partial charge on any atom is -0.383 e. The molecule has 0 aromatic carbocycles. The van der Waals surface area contributed by atoms with Crippen LogP contribution in [0.3, 0.4) is 0 Å². The van der Waals surface area contributed by atoms with Crippen LogP contribution in [0.15, 0.2) is 24.4 Å². The zero-order chi connectivity index (χ0) is 11.9. The smallest absolute Gasteiger partial charge is 0.166 e. The summed E-state index contributed by atoms with van der Waals surface area (Å²) in [4.78, 5) is 4.24. The van der Waals surface area contributed by atoms with Crippen molar-refractivity contribution < 1.29 is 4.74 Å². The third-order valence-electron chi connectivity index (χ3n) is 2.11. The summed E-state index contributed by atoms with van der Waals surface area (Å²) in [5.74, 6) is 0. The van der Waals surface area contributed by atoms with Crippen LogP contribution in [0.25, 0.3) is 10.7 Å². The van der Waals surface area contributed by atoms with Crippen LogP contribution in [0.4, 0.5) is 0 Å².